The standard InChI is InChI=1S/C14H15BrN2O2S/c1-3-17-14(12(19-2)8-16-17)11(18)9-20-13-7-5-4-6-10(13)15/h4-8H,3,9H2,1-2H3. The third kappa shape index (κ3) is 3.24. The molecule has 6 heteroatoms. The van der Waals surface area contributed by atoms with E-state index in [0.29, 0.717) is 23.7 Å². The molecule has 2 rings (SSSR count). The lowest BCUT2D eigenvalue weighted by Crippen LogP contribution is -2.12. The van der Waals surface area contributed by atoms with Crippen molar-refractivity contribution in [1.29, 1.82) is 0 Å². The largest absolute Gasteiger partial charge is 0.493 e. The van der Waals surface area contributed by atoms with Crippen molar-refractivity contribution in [1.82, 2.24) is 9.78 Å². The second-order valence-corrected chi connectivity index (χ2v) is 5.89. The van der Waals surface area contributed by atoms with E-state index < -0.39 is 0 Å². The van der Waals surface area contributed by atoms with Crippen molar-refractivity contribution in [2.75, 3.05) is 12.9 Å². The van der Waals surface area contributed by atoms with Crippen LogP contribution in [0, 0.1) is 0 Å². The van der Waals surface area contributed by atoms with Crippen LogP contribution in [-0.4, -0.2) is 28.4 Å². The molecule has 0 unspecified atom stereocenters. The molecule has 0 N–H and O–H groups in total. The molecule has 0 bridgehead atoms. The number of nitrogens with zero attached hydrogens (tertiary/aromatic N) is 2. The summed E-state index contributed by atoms with van der Waals surface area (Å²) in [6, 6.07) is 7.85. The molecule has 1 aromatic heterocycles. The quantitative estimate of drug-likeness (QED) is 0.586. The summed E-state index contributed by atoms with van der Waals surface area (Å²) in [6.07, 6.45) is 1.58. The number of rotatable bonds is 6. The first-order valence-corrected chi connectivity index (χ1v) is 7.95. The van der Waals surface area contributed by atoms with Crippen LogP contribution in [0.2, 0.25) is 0 Å². The van der Waals surface area contributed by atoms with Gasteiger partial charge in [-0.05, 0) is 35.0 Å². The molecule has 0 aliphatic rings. The van der Waals surface area contributed by atoms with Gasteiger partial charge in [0.05, 0.1) is 19.1 Å². The molecule has 1 aromatic carbocycles. The second-order valence-electron chi connectivity index (χ2n) is 4.02. The van der Waals surface area contributed by atoms with Crippen LogP contribution in [0.25, 0.3) is 0 Å². The topological polar surface area (TPSA) is 44.1 Å². The van der Waals surface area contributed by atoms with E-state index in [0.717, 1.165) is 9.37 Å². The van der Waals surface area contributed by atoms with Crippen molar-refractivity contribution in [3.8, 4) is 5.75 Å². The number of carbonyl (C=O) groups is 1. The minimum absolute atomic E-state index is 0.0157. The Kier molecular flexibility index (Phi) is 5.25. The Hall–Kier alpha value is -1.27. The van der Waals surface area contributed by atoms with Crippen molar-refractivity contribution >= 4 is 33.5 Å². The number of hydrogen-bond donors (Lipinski definition) is 0. The Morgan fingerprint density at radius 2 is 2.20 bits per heavy atom. The molecule has 0 aliphatic heterocycles. The fourth-order valence-corrected chi connectivity index (χ4v) is 3.24. The molecule has 106 valence electrons. The van der Waals surface area contributed by atoms with Gasteiger partial charge < -0.3 is 4.74 Å². The molecule has 0 saturated carbocycles. The van der Waals surface area contributed by atoms with Crippen LogP contribution in [0.15, 0.2) is 39.8 Å². The van der Waals surface area contributed by atoms with E-state index >= 15 is 0 Å². The summed E-state index contributed by atoms with van der Waals surface area (Å²) in [4.78, 5) is 13.4. The van der Waals surface area contributed by atoms with E-state index in [2.05, 4.69) is 21.0 Å². The first-order valence-electron chi connectivity index (χ1n) is 6.17. The van der Waals surface area contributed by atoms with Gasteiger partial charge in [-0.15, -0.1) is 11.8 Å². The molecule has 1 heterocycles. The molecule has 0 radical (unpaired) electrons. The van der Waals surface area contributed by atoms with Gasteiger partial charge in [-0.25, -0.2) is 0 Å². The molecule has 20 heavy (non-hydrogen) atoms. The average molecular weight is 355 g/mol. The molecule has 0 saturated heterocycles. The van der Waals surface area contributed by atoms with E-state index in [4.69, 9.17) is 4.74 Å². The Balaban J connectivity index is 2.13. The first kappa shape index (κ1) is 15.1. The Morgan fingerprint density at radius 1 is 1.45 bits per heavy atom. The number of benzene rings is 1. The summed E-state index contributed by atoms with van der Waals surface area (Å²) < 4.78 is 7.86. The van der Waals surface area contributed by atoms with Crippen LogP contribution in [0.4, 0.5) is 0 Å². The summed E-state index contributed by atoms with van der Waals surface area (Å²) >= 11 is 4.98. The number of thioether (sulfide) groups is 1. The van der Waals surface area contributed by atoms with Gasteiger partial charge in [-0.1, -0.05) is 12.1 Å². The number of aryl methyl sites for hydroxylation is 1. The van der Waals surface area contributed by atoms with Crippen molar-refractivity contribution in [2.24, 2.45) is 0 Å². The maximum Gasteiger partial charge on any atom is 0.194 e. The lowest BCUT2D eigenvalue weighted by atomic mass is 10.3. The molecular formula is C14H15BrN2O2S. The van der Waals surface area contributed by atoms with Crippen molar-refractivity contribution in [3.05, 3.63) is 40.6 Å². The van der Waals surface area contributed by atoms with Gasteiger partial charge in [0, 0.05) is 15.9 Å². The Morgan fingerprint density at radius 3 is 2.85 bits per heavy atom. The van der Waals surface area contributed by atoms with Gasteiger partial charge in [0.2, 0.25) is 0 Å². The number of halogens is 1. The highest BCUT2D eigenvalue weighted by atomic mass is 79.9. The number of hydrogen-bond acceptors (Lipinski definition) is 4. The van der Waals surface area contributed by atoms with Gasteiger partial charge in [-0.2, -0.15) is 5.10 Å². The van der Waals surface area contributed by atoms with Crippen LogP contribution in [0.1, 0.15) is 17.4 Å². The minimum Gasteiger partial charge on any atom is -0.493 e. The molecule has 0 aliphatic carbocycles. The number of carbonyl (C=O) groups excluding carboxylic acids is 1. The monoisotopic (exact) mass is 354 g/mol. The van der Waals surface area contributed by atoms with Gasteiger partial charge >= 0.3 is 0 Å². The van der Waals surface area contributed by atoms with Crippen LogP contribution < -0.4 is 4.74 Å². The van der Waals surface area contributed by atoms with Crippen LogP contribution in [-0.2, 0) is 6.54 Å². The molecule has 0 spiro atoms. The Labute approximate surface area is 130 Å². The molecule has 0 fully saturated rings. The van der Waals surface area contributed by atoms with Gasteiger partial charge in [-0.3, -0.25) is 9.48 Å². The number of ketones is 1. The number of methoxy groups -OCH3 is 1. The maximum atomic E-state index is 12.4. The lowest BCUT2D eigenvalue weighted by Gasteiger charge is -2.07. The SMILES string of the molecule is CCn1ncc(OC)c1C(=O)CSc1ccccc1Br. The average Bonchev–Trinajstić information content (AvgIpc) is 2.89. The predicted octanol–water partition coefficient (Wildman–Crippen LogP) is 3.65. The second kappa shape index (κ2) is 6.95. The molecule has 4 nitrogen and oxygen atoms in total. The Bertz CT molecular complexity index is 591. The lowest BCUT2D eigenvalue weighted by molar-refractivity contribution is 0.100. The zero-order valence-corrected chi connectivity index (χ0v) is 13.7. The third-order valence-corrected chi connectivity index (χ3v) is 4.81. The molecule has 0 amide bonds. The van der Waals surface area contributed by atoms with Crippen molar-refractivity contribution in [3.63, 3.8) is 0 Å². The number of ether oxygens (including phenoxy) is 1. The normalized spacial score (nSPS) is 10.6. The fraction of sp³-hybridized carbons (Fsp3) is 0.286. The maximum absolute atomic E-state index is 12.4. The van der Waals surface area contributed by atoms with Crippen molar-refractivity contribution < 1.29 is 9.53 Å². The van der Waals surface area contributed by atoms with E-state index in [1.807, 2.05) is 31.2 Å². The third-order valence-electron chi connectivity index (χ3n) is 2.78. The number of aromatic nitrogens is 2. The highest BCUT2D eigenvalue weighted by Crippen LogP contribution is 2.28. The summed E-state index contributed by atoms with van der Waals surface area (Å²) in [5.41, 5.74) is 0.537. The van der Waals surface area contributed by atoms with Gasteiger partial charge in [0.15, 0.2) is 11.5 Å². The molecule has 2 aromatic rings. The van der Waals surface area contributed by atoms with Gasteiger partial charge in [0.1, 0.15) is 5.69 Å². The molecular weight excluding hydrogens is 340 g/mol. The summed E-state index contributed by atoms with van der Waals surface area (Å²) in [6.45, 7) is 2.59. The summed E-state index contributed by atoms with van der Waals surface area (Å²) in [5, 5.41) is 4.15. The smallest absolute Gasteiger partial charge is 0.194 e. The van der Waals surface area contributed by atoms with E-state index in [1.165, 1.54) is 11.8 Å². The highest BCUT2D eigenvalue weighted by Gasteiger charge is 2.19. The first-order chi connectivity index (χ1) is 9.67. The van der Waals surface area contributed by atoms with Crippen molar-refractivity contribution in [2.45, 2.75) is 18.4 Å². The highest BCUT2D eigenvalue weighted by molar-refractivity contribution is 9.10. The zero-order chi connectivity index (χ0) is 14.5. The van der Waals surface area contributed by atoms with E-state index in [9.17, 15) is 4.79 Å². The van der Waals surface area contributed by atoms with Gasteiger partial charge in [0.25, 0.3) is 0 Å². The minimum atomic E-state index is 0.0157. The van der Waals surface area contributed by atoms with Crippen LogP contribution >= 0.6 is 27.7 Å². The number of Topliss-reactive ketones (excluding diaryl/α,β-unsaturated/α-hetero) is 1. The zero-order valence-electron chi connectivity index (χ0n) is 11.3. The predicted molar refractivity (Wildman–Crippen MR) is 83.6 cm³/mol. The summed E-state index contributed by atoms with van der Waals surface area (Å²) in [7, 11) is 1.55. The van der Waals surface area contributed by atoms with E-state index in [1.54, 1.807) is 18.0 Å². The van der Waals surface area contributed by atoms with Crippen LogP contribution in [0.3, 0.4) is 0 Å². The van der Waals surface area contributed by atoms with Crippen LogP contribution in [0.5, 0.6) is 5.75 Å². The van der Waals surface area contributed by atoms with E-state index in [-0.39, 0.29) is 5.78 Å². The fourth-order valence-electron chi connectivity index (χ4n) is 1.81. The summed E-state index contributed by atoms with van der Waals surface area (Å²) in [5.74, 6) is 0.900. The molecule has 0 atom stereocenters.